The van der Waals surface area contributed by atoms with Crippen LogP contribution in [0.2, 0.25) is 0 Å². The maximum Gasteiger partial charge on any atom is 0.257 e. The number of oxazole rings is 1. The topological polar surface area (TPSA) is 49.6 Å². The molecule has 5 aromatic rings. The highest BCUT2D eigenvalue weighted by atomic mass is 32.2. The van der Waals surface area contributed by atoms with Crippen LogP contribution in [0.3, 0.4) is 0 Å². The molecule has 0 spiro atoms. The standard InChI is InChI=1S/C33H31N3O2S/c1-24-12-17-30-29(22-24)34-33(38-30)39-23-25-13-15-28(16-14-25)32(37)36-20-18-35(19-21-36)31(26-8-4-2-5-9-26)27-10-6-3-7-11-27/h2-17,22,31H,18-21,23H2,1H3. The van der Waals surface area contributed by atoms with E-state index in [1.807, 2.05) is 47.4 Å². The average molecular weight is 534 g/mol. The molecule has 0 atom stereocenters. The summed E-state index contributed by atoms with van der Waals surface area (Å²) in [5.41, 5.74) is 7.29. The zero-order chi connectivity index (χ0) is 26.6. The fraction of sp³-hybridized carbons (Fsp3) is 0.212. The van der Waals surface area contributed by atoms with Gasteiger partial charge < -0.3 is 9.32 Å². The molecule has 0 bridgehead atoms. The van der Waals surface area contributed by atoms with E-state index in [1.165, 1.54) is 16.7 Å². The van der Waals surface area contributed by atoms with Crippen molar-refractivity contribution in [2.45, 2.75) is 23.9 Å². The molecular weight excluding hydrogens is 502 g/mol. The molecule has 39 heavy (non-hydrogen) atoms. The summed E-state index contributed by atoms with van der Waals surface area (Å²) in [5.74, 6) is 0.832. The second-order valence-corrected chi connectivity index (χ2v) is 10.9. The number of thioether (sulfide) groups is 1. The fourth-order valence-corrected chi connectivity index (χ4v) is 6.01. The Morgan fingerprint density at radius 2 is 1.49 bits per heavy atom. The van der Waals surface area contributed by atoms with E-state index in [4.69, 9.17) is 4.42 Å². The van der Waals surface area contributed by atoms with Crippen molar-refractivity contribution in [1.82, 2.24) is 14.8 Å². The van der Waals surface area contributed by atoms with Crippen molar-refractivity contribution in [3.8, 4) is 0 Å². The highest BCUT2D eigenvalue weighted by Crippen LogP contribution is 2.30. The molecule has 6 rings (SSSR count). The van der Waals surface area contributed by atoms with Gasteiger partial charge in [-0.05, 0) is 53.4 Å². The molecule has 1 saturated heterocycles. The van der Waals surface area contributed by atoms with Crippen molar-refractivity contribution in [1.29, 1.82) is 0 Å². The molecule has 1 aromatic heterocycles. The van der Waals surface area contributed by atoms with E-state index in [0.717, 1.165) is 41.1 Å². The lowest BCUT2D eigenvalue weighted by molar-refractivity contribution is 0.0597. The molecule has 1 aliphatic rings. The van der Waals surface area contributed by atoms with Crippen molar-refractivity contribution >= 4 is 28.8 Å². The van der Waals surface area contributed by atoms with Crippen molar-refractivity contribution in [3.05, 3.63) is 131 Å². The number of carbonyl (C=O) groups is 1. The maximum atomic E-state index is 13.3. The molecule has 0 radical (unpaired) electrons. The highest BCUT2D eigenvalue weighted by Gasteiger charge is 2.28. The van der Waals surface area contributed by atoms with Crippen LogP contribution in [0.5, 0.6) is 0 Å². The number of hydrogen-bond donors (Lipinski definition) is 0. The van der Waals surface area contributed by atoms with Crippen molar-refractivity contribution < 1.29 is 9.21 Å². The van der Waals surface area contributed by atoms with Crippen LogP contribution in [0.4, 0.5) is 0 Å². The van der Waals surface area contributed by atoms with Gasteiger partial charge in [-0.15, -0.1) is 0 Å². The Hall–Kier alpha value is -3.87. The lowest BCUT2D eigenvalue weighted by atomic mass is 9.96. The minimum Gasteiger partial charge on any atom is -0.431 e. The number of fused-ring (bicyclic) bond motifs is 1. The van der Waals surface area contributed by atoms with Crippen molar-refractivity contribution in [3.63, 3.8) is 0 Å². The van der Waals surface area contributed by atoms with E-state index in [-0.39, 0.29) is 11.9 Å². The largest absolute Gasteiger partial charge is 0.431 e. The maximum absolute atomic E-state index is 13.3. The number of amides is 1. The highest BCUT2D eigenvalue weighted by molar-refractivity contribution is 7.98. The number of aromatic nitrogens is 1. The first-order valence-corrected chi connectivity index (χ1v) is 14.3. The minimum atomic E-state index is 0.0964. The van der Waals surface area contributed by atoms with Crippen molar-refractivity contribution in [2.24, 2.45) is 0 Å². The Bertz CT molecular complexity index is 1500. The van der Waals surface area contributed by atoms with E-state index in [1.54, 1.807) is 11.8 Å². The summed E-state index contributed by atoms with van der Waals surface area (Å²) in [7, 11) is 0. The fourth-order valence-electron chi connectivity index (χ4n) is 5.22. The van der Waals surface area contributed by atoms with Gasteiger partial charge in [-0.2, -0.15) is 0 Å². The second kappa shape index (κ2) is 11.5. The van der Waals surface area contributed by atoms with Crippen LogP contribution in [0.1, 0.15) is 38.7 Å². The van der Waals surface area contributed by atoms with E-state index in [9.17, 15) is 4.79 Å². The molecule has 1 fully saturated rings. The summed E-state index contributed by atoms with van der Waals surface area (Å²) in [6.07, 6.45) is 0. The van der Waals surface area contributed by atoms with Crippen LogP contribution in [-0.4, -0.2) is 46.9 Å². The van der Waals surface area contributed by atoms with E-state index >= 15 is 0 Å². The second-order valence-electron chi connectivity index (χ2n) is 9.99. The summed E-state index contributed by atoms with van der Waals surface area (Å²) in [5, 5.41) is 0.665. The van der Waals surface area contributed by atoms with Gasteiger partial charge in [0.2, 0.25) is 0 Å². The van der Waals surface area contributed by atoms with Gasteiger partial charge in [0, 0.05) is 37.5 Å². The molecular formula is C33H31N3O2S. The molecule has 0 aliphatic carbocycles. The van der Waals surface area contributed by atoms with Crippen LogP contribution in [0.15, 0.2) is 113 Å². The quantitative estimate of drug-likeness (QED) is 0.211. The monoisotopic (exact) mass is 533 g/mol. The van der Waals surface area contributed by atoms with Gasteiger partial charge in [-0.3, -0.25) is 9.69 Å². The normalized spacial score (nSPS) is 14.3. The number of aryl methyl sites for hydroxylation is 1. The molecule has 6 heteroatoms. The third-order valence-corrected chi connectivity index (χ3v) is 8.18. The number of piperazine rings is 1. The average Bonchev–Trinajstić information content (AvgIpc) is 3.40. The van der Waals surface area contributed by atoms with Crippen LogP contribution in [-0.2, 0) is 5.75 Å². The molecule has 1 aliphatic heterocycles. The Morgan fingerprint density at radius 1 is 0.846 bits per heavy atom. The lowest BCUT2D eigenvalue weighted by Crippen LogP contribution is -2.49. The first-order chi connectivity index (χ1) is 19.1. The summed E-state index contributed by atoms with van der Waals surface area (Å²) in [6, 6.07) is 35.5. The third-order valence-electron chi connectivity index (χ3n) is 7.28. The third kappa shape index (κ3) is 5.77. The molecule has 2 heterocycles. The van der Waals surface area contributed by atoms with Gasteiger partial charge >= 0.3 is 0 Å². The molecule has 5 nitrogen and oxygen atoms in total. The number of rotatable bonds is 7. The first kappa shape index (κ1) is 25.4. The van der Waals surface area contributed by atoms with Gasteiger partial charge in [0.1, 0.15) is 5.52 Å². The number of nitrogens with zero attached hydrogens (tertiary/aromatic N) is 3. The zero-order valence-corrected chi connectivity index (χ0v) is 22.8. The van der Waals surface area contributed by atoms with E-state index in [2.05, 4.69) is 77.5 Å². The first-order valence-electron chi connectivity index (χ1n) is 13.4. The lowest BCUT2D eigenvalue weighted by Gasteiger charge is -2.39. The van der Waals surface area contributed by atoms with Crippen LogP contribution in [0, 0.1) is 6.92 Å². The molecule has 0 N–H and O–H groups in total. The van der Waals surface area contributed by atoms with Gasteiger partial charge in [0.15, 0.2) is 5.58 Å². The van der Waals surface area contributed by atoms with E-state index < -0.39 is 0 Å². The zero-order valence-electron chi connectivity index (χ0n) is 22.0. The predicted octanol–water partition coefficient (Wildman–Crippen LogP) is 6.98. The van der Waals surface area contributed by atoms with Crippen molar-refractivity contribution in [2.75, 3.05) is 26.2 Å². The Balaban J connectivity index is 1.07. The van der Waals surface area contributed by atoms with Gasteiger partial charge in [0.05, 0.1) is 6.04 Å². The van der Waals surface area contributed by atoms with Gasteiger partial charge in [-0.25, -0.2) is 4.98 Å². The van der Waals surface area contributed by atoms with Crippen LogP contribution < -0.4 is 0 Å². The summed E-state index contributed by atoms with van der Waals surface area (Å²) < 4.78 is 5.85. The van der Waals surface area contributed by atoms with Crippen LogP contribution in [0.25, 0.3) is 11.1 Å². The summed E-state index contributed by atoms with van der Waals surface area (Å²) in [6.45, 7) is 5.14. The smallest absolute Gasteiger partial charge is 0.257 e. The Kier molecular flexibility index (Phi) is 7.48. The number of hydrogen-bond acceptors (Lipinski definition) is 5. The molecule has 0 unspecified atom stereocenters. The number of benzene rings is 4. The Morgan fingerprint density at radius 3 is 2.13 bits per heavy atom. The molecule has 1 amide bonds. The minimum absolute atomic E-state index is 0.0964. The molecule has 0 saturated carbocycles. The Labute approximate surface area is 233 Å². The van der Waals surface area contributed by atoms with Gasteiger partial charge in [0.25, 0.3) is 11.1 Å². The van der Waals surface area contributed by atoms with Crippen LogP contribution >= 0.6 is 11.8 Å². The SMILES string of the molecule is Cc1ccc2oc(SCc3ccc(C(=O)N4CCN(C(c5ccccc5)c5ccccc5)CC4)cc3)nc2c1. The van der Waals surface area contributed by atoms with E-state index in [0.29, 0.717) is 18.3 Å². The van der Waals surface area contributed by atoms with Gasteiger partial charge in [-0.1, -0.05) is 90.6 Å². The summed E-state index contributed by atoms with van der Waals surface area (Å²) >= 11 is 1.57. The number of carbonyl (C=O) groups excluding carboxylic acids is 1. The molecule has 196 valence electrons. The summed E-state index contributed by atoms with van der Waals surface area (Å²) in [4.78, 5) is 22.4. The predicted molar refractivity (Wildman–Crippen MR) is 157 cm³/mol. The molecule has 4 aromatic carbocycles.